The topological polar surface area (TPSA) is 29.5 Å². The molecule has 0 radical (unpaired) electrons. The minimum atomic E-state index is 0.0816. The highest BCUT2D eigenvalue weighted by Crippen LogP contribution is 2.40. The van der Waals surface area contributed by atoms with Gasteiger partial charge in [-0.1, -0.05) is 18.2 Å². The number of hydrogen-bond donors (Lipinski definition) is 1. The fourth-order valence-electron chi connectivity index (χ4n) is 2.10. The first kappa shape index (κ1) is 10.9. The van der Waals surface area contributed by atoms with Crippen LogP contribution in [-0.4, -0.2) is 17.0 Å². The van der Waals surface area contributed by atoms with Crippen LogP contribution in [0.5, 0.6) is 0 Å². The lowest BCUT2D eigenvalue weighted by atomic mass is 10.0. The van der Waals surface area contributed by atoms with Gasteiger partial charge in [0.15, 0.2) is 0 Å². The van der Waals surface area contributed by atoms with E-state index in [-0.39, 0.29) is 6.61 Å². The van der Waals surface area contributed by atoms with E-state index >= 15 is 0 Å². The van der Waals surface area contributed by atoms with Crippen molar-refractivity contribution in [3.63, 3.8) is 0 Å². The monoisotopic (exact) mass is 246 g/mol. The van der Waals surface area contributed by atoms with Crippen molar-refractivity contribution in [3.05, 3.63) is 58.5 Å². The van der Waals surface area contributed by atoms with Gasteiger partial charge in [0, 0.05) is 10.5 Å². The molecular weight excluding hydrogens is 232 g/mol. The summed E-state index contributed by atoms with van der Waals surface area (Å²) in [7, 11) is 0. The SMILES string of the molecule is OCC1=CC2=COC3=C(CCC=C3)SC2C=C1. The molecule has 1 heterocycles. The van der Waals surface area contributed by atoms with Gasteiger partial charge in [-0.3, -0.25) is 0 Å². The third-order valence-electron chi connectivity index (χ3n) is 3.02. The largest absolute Gasteiger partial charge is 0.464 e. The molecule has 17 heavy (non-hydrogen) atoms. The Morgan fingerprint density at radius 2 is 2.35 bits per heavy atom. The lowest BCUT2D eigenvalue weighted by Crippen LogP contribution is -2.07. The van der Waals surface area contributed by atoms with Crippen molar-refractivity contribution in [2.24, 2.45) is 0 Å². The Kier molecular flexibility index (Phi) is 2.95. The maximum atomic E-state index is 9.14. The summed E-state index contributed by atoms with van der Waals surface area (Å²) in [5.74, 6) is 0.982. The molecule has 0 saturated heterocycles. The lowest BCUT2D eigenvalue weighted by Gasteiger charge is -2.18. The summed E-state index contributed by atoms with van der Waals surface area (Å²) in [5, 5.41) is 9.47. The van der Waals surface area contributed by atoms with E-state index in [1.54, 1.807) is 0 Å². The third kappa shape index (κ3) is 2.13. The summed E-state index contributed by atoms with van der Waals surface area (Å²) >= 11 is 1.85. The molecule has 0 bridgehead atoms. The third-order valence-corrected chi connectivity index (χ3v) is 4.39. The van der Waals surface area contributed by atoms with Gasteiger partial charge < -0.3 is 9.84 Å². The molecule has 2 nitrogen and oxygen atoms in total. The van der Waals surface area contributed by atoms with E-state index in [0.29, 0.717) is 5.25 Å². The second-order valence-corrected chi connectivity index (χ2v) is 5.48. The van der Waals surface area contributed by atoms with Gasteiger partial charge in [-0.25, -0.2) is 0 Å². The number of aliphatic hydroxyl groups is 1. The van der Waals surface area contributed by atoms with Crippen molar-refractivity contribution in [2.45, 2.75) is 18.1 Å². The Bertz CT molecular complexity index is 480. The predicted octanol–water partition coefficient (Wildman–Crippen LogP) is 3.05. The van der Waals surface area contributed by atoms with Crippen molar-refractivity contribution < 1.29 is 9.84 Å². The van der Waals surface area contributed by atoms with E-state index in [4.69, 9.17) is 9.84 Å². The molecule has 1 N–H and O–H groups in total. The molecule has 3 rings (SSSR count). The summed E-state index contributed by atoms with van der Waals surface area (Å²) < 4.78 is 5.72. The molecule has 0 spiro atoms. The van der Waals surface area contributed by atoms with Crippen molar-refractivity contribution >= 4 is 11.8 Å². The number of thioether (sulfide) groups is 1. The number of ether oxygens (including phenoxy) is 1. The van der Waals surface area contributed by atoms with Gasteiger partial charge in [0.2, 0.25) is 0 Å². The van der Waals surface area contributed by atoms with Crippen LogP contribution in [0.4, 0.5) is 0 Å². The van der Waals surface area contributed by atoms with Crippen LogP contribution in [-0.2, 0) is 4.74 Å². The van der Waals surface area contributed by atoms with Crippen molar-refractivity contribution in [1.29, 1.82) is 0 Å². The van der Waals surface area contributed by atoms with Crippen molar-refractivity contribution in [2.75, 3.05) is 6.61 Å². The molecule has 0 fully saturated rings. The average molecular weight is 246 g/mol. The highest BCUT2D eigenvalue weighted by atomic mass is 32.2. The van der Waals surface area contributed by atoms with E-state index in [9.17, 15) is 0 Å². The molecule has 1 unspecified atom stereocenters. The highest BCUT2D eigenvalue weighted by Gasteiger charge is 2.23. The average Bonchev–Trinajstić information content (AvgIpc) is 2.57. The van der Waals surface area contributed by atoms with Crippen LogP contribution < -0.4 is 0 Å². The van der Waals surface area contributed by atoms with Gasteiger partial charge in [0.1, 0.15) is 5.76 Å². The zero-order valence-corrected chi connectivity index (χ0v) is 10.2. The summed E-state index contributed by atoms with van der Waals surface area (Å²) in [6.45, 7) is 0.0816. The maximum absolute atomic E-state index is 9.14. The van der Waals surface area contributed by atoms with E-state index in [0.717, 1.165) is 29.7 Å². The smallest absolute Gasteiger partial charge is 0.135 e. The first-order chi connectivity index (χ1) is 8.36. The molecule has 0 aromatic carbocycles. The Balaban J connectivity index is 1.90. The molecule has 0 amide bonds. The Morgan fingerprint density at radius 1 is 1.41 bits per heavy atom. The molecule has 88 valence electrons. The number of hydrogen-bond acceptors (Lipinski definition) is 3. The van der Waals surface area contributed by atoms with Gasteiger partial charge in [-0.15, -0.1) is 11.8 Å². The summed E-state index contributed by atoms with van der Waals surface area (Å²) in [5.41, 5.74) is 2.07. The standard InChI is InChI=1S/C14H14O2S/c15-8-10-5-6-13-11(7-10)9-16-12-3-1-2-4-14(12)17-13/h1,3,5-7,9,13,15H,2,4,8H2. The normalized spacial score (nSPS) is 26.5. The Hall–Kier alpha value is -1.19. The van der Waals surface area contributed by atoms with Crippen LogP contribution in [0.1, 0.15) is 12.8 Å². The molecule has 3 aliphatic rings. The summed E-state index contributed by atoms with van der Waals surface area (Å²) in [6.07, 6.45) is 14.3. The lowest BCUT2D eigenvalue weighted by molar-refractivity contribution is 0.334. The van der Waals surface area contributed by atoms with Crippen molar-refractivity contribution in [3.8, 4) is 0 Å². The first-order valence-electron chi connectivity index (χ1n) is 5.79. The zero-order chi connectivity index (χ0) is 11.7. The van der Waals surface area contributed by atoms with E-state index in [1.807, 2.05) is 30.2 Å². The fraction of sp³-hybridized carbons (Fsp3) is 0.286. The number of fused-ring (bicyclic) bond motifs is 1. The summed E-state index contributed by atoms with van der Waals surface area (Å²) in [6, 6.07) is 0. The number of allylic oxidation sites excluding steroid dienone is 4. The van der Waals surface area contributed by atoms with Gasteiger partial charge in [0.05, 0.1) is 18.1 Å². The zero-order valence-electron chi connectivity index (χ0n) is 9.43. The van der Waals surface area contributed by atoms with E-state index in [1.165, 1.54) is 4.91 Å². The van der Waals surface area contributed by atoms with Gasteiger partial charge in [0.25, 0.3) is 0 Å². The minimum absolute atomic E-state index is 0.0816. The predicted molar refractivity (Wildman–Crippen MR) is 70.3 cm³/mol. The van der Waals surface area contributed by atoms with Crippen LogP contribution in [0.15, 0.2) is 58.5 Å². The Morgan fingerprint density at radius 3 is 3.24 bits per heavy atom. The molecular formula is C14H14O2S. The van der Waals surface area contributed by atoms with Crippen molar-refractivity contribution in [1.82, 2.24) is 0 Å². The van der Waals surface area contributed by atoms with Gasteiger partial charge in [-0.2, -0.15) is 0 Å². The van der Waals surface area contributed by atoms with E-state index < -0.39 is 0 Å². The van der Waals surface area contributed by atoms with E-state index in [2.05, 4.69) is 18.2 Å². The van der Waals surface area contributed by atoms with Crippen LogP contribution in [0.3, 0.4) is 0 Å². The van der Waals surface area contributed by atoms with Crippen LogP contribution in [0.25, 0.3) is 0 Å². The second kappa shape index (κ2) is 4.59. The molecule has 0 aromatic heterocycles. The van der Waals surface area contributed by atoms with Gasteiger partial charge in [-0.05, 0) is 30.6 Å². The van der Waals surface area contributed by atoms with Gasteiger partial charge >= 0.3 is 0 Å². The molecule has 2 aliphatic carbocycles. The number of rotatable bonds is 1. The highest BCUT2D eigenvalue weighted by molar-refractivity contribution is 8.04. The second-order valence-electron chi connectivity index (χ2n) is 4.24. The molecule has 1 atom stereocenters. The van der Waals surface area contributed by atoms with Crippen LogP contribution in [0.2, 0.25) is 0 Å². The maximum Gasteiger partial charge on any atom is 0.135 e. The van der Waals surface area contributed by atoms with Crippen LogP contribution in [0, 0.1) is 0 Å². The Labute approximate surface area is 105 Å². The number of aliphatic hydroxyl groups excluding tert-OH is 1. The molecule has 1 aliphatic heterocycles. The quantitative estimate of drug-likeness (QED) is 0.771. The molecule has 0 saturated carbocycles. The summed E-state index contributed by atoms with van der Waals surface area (Å²) in [4.78, 5) is 1.33. The molecule has 0 aromatic rings. The first-order valence-corrected chi connectivity index (χ1v) is 6.67. The van der Waals surface area contributed by atoms with Crippen LogP contribution >= 0.6 is 11.8 Å². The fourth-order valence-corrected chi connectivity index (χ4v) is 3.29. The minimum Gasteiger partial charge on any atom is -0.464 e. The molecule has 3 heteroatoms.